The smallest absolute Gasteiger partial charge is 0.410 e. The van der Waals surface area contributed by atoms with Gasteiger partial charge in [-0.15, -0.1) is 11.3 Å². The number of hydrogen-bond acceptors (Lipinski definition) is 10. The van der Waals surface area contributed by atoms with E-state index in [2.05, 4.69) is 37.4 Å². The van der Waals surface area contributed by atoms with E-state index < -0.39 is 0 Å². The van der Waals surface area contributed by atoms with Crippen LogP contribution in [0, 0.1) is 11.8 Å². The number of halogens is 1. The minimum absolute atomic E-state index is 0.0630. The molecular formula is C29H27ClN6O4S. The molecular weight excluding hydrogens is 564 g/mol. The van der Waals surface area contributed by atoms with Crippen molar-refractivity contribution in [1.82, 2.24) is 25.2 Å². The normalized spacial score (nSPS) is 18.5. The Labute approximate surface area is 246 Å². The molecule has 210 valence electrons. The van der Waals surface area contributed by atoms with Gasteiger partial charge in [-0.3, -0.25) is 10.3 Å². The van der Waals surface area contributed by atoms with Gasteiger partial charge in [0.15, 0.2) is 0 Å². The Kier molecular flexibility index (Phi) is 8.44. The number of carbonyl (C=O) groups is 1. The van der Waals surface area contributed by atoms with Gasteiger partial charge in [0.25, 0.3) is 0 Å². The van der Waals surface area contributed by atoms with Crippen LogP contribution in [0.25, 0.3) is 10.2 Å². The third-order valence-corrected chi connectivity index (χ3v) is 7.88. The van der Waals surface area contributed by atoms with Crippen LogP contribution in [0.15, 0.2) is 55.0 Å². The highest BCUT2D eigenvalue weighted by Crippen LogP contribution is 2.33. The van der Waals surface area contributed by atoms with Crippen molar-refractivity contribution in [2.75, 3.05) is 38.2 Å². The van der Waals surface area contributed by atoms with Gasteiger partial charge in [0.2, 0.25) is 0 Å². The van der Waals surface area contributed by atoms with Gasteiger partial charge < -0.3 is 24.4 Å². The van der Waals surface area contributed by atoms with E-state index in [-0.39, 0.29) is 18.2 Å². The lowest BCUT2D eigenvalue weighted by Gasteiger charge is -2.27. The second-order valence-corrected chi connectivity index (χ2v) is 10.9. The number of nitrogens with zero attached hydrogens (tertiary/aromatic N) is 4. The van der Waals surface area contributed by atoms with E-state index >= 15 is 0 Å². The number of thiophene rings is 1. The van der Waals surface area contributed by atoms with Crippen molar-refractivity contribution in [3.8, 4) is 17.6 Å². The van der Waals surface area contributed by atoms with Crippen LogP contribution < -0.4 is 15.4 Å². The first kappa shape index (κ1) is 27.2. The average molecular weight is 591 g/mol. The molecule has 0 aliphatic carbocycles. The van der Waals surface area contributed by atoms with Crippen molar-refractivity contribution in [1.29, 1.82) is 0 Å². The van der Waals surface area contributed by atoms with E-state index in [9.17, 15) is 4.79 Å². The van der Waals surface area contributed by atoms with Crippen molar-refractivity contribution in [2.45, 2.75) is 25.2 Å². The number of morpholine rings is 1. The summed E-state index contributed by atoms with van der Waals surface area (Å²) >= 11 is 7.99. The lowest BCUT2D eigenvalue weighted by atomic mass is 10.2. The first-order valence-electron chi connectivity index (χ1n) is 13.2. The first-order chi connectivity index (χ1) is 20.1. The molecule has 3 aromatic heterocycles. The van der Waals surface area contributed by atoms with Gasteiger partial charge in [-0.05, 0) is 36.4 Å². The summed E-state index contributed by atoms with van der Waals surface area (Å²) in [6.45, 7) is 3.13. The first-order valence-corrected chi connectivity index (χ1v) is 14.4. The zero-order chi connectivity index (χ0) is 28.0. The number of hydrogen-bond donors (Lipinski definition) is 2. The molecule has 4 aromatic rings. The number of aromatic nitrogens is 3. The summed E-state index contributed by atoms with van der Waals surface area (Å²) < 4.78 is 16.8. The minimum atomic E-state index is -0.287. The maximum absolute atomic E-state index is 12.4. The lowest BCUT2D eigenvalue weighted by molar-refractivity contribution is 0.0156. The second kappa shape index (κ2) is 12.7. The third-order valence-electron chi connectivity index (χ3n) is 6.62. The summed E-state index contributed by atoms with van der Waals surface area (Å²) in [5, 5.41) is 8.01. The van der Waals surface area contributed by atoms with E-state index in [0.717, 1.165) is 26.5 Å². The molecule has 0 unspecified atom stereocenters. The van der Waals surface area contributed by atoms with Gasteiger partial charge in [-0.2, -0.15) is 0 Å². The van der Waals surface area contributed by atoms with Gasteiger partial charge in [0, 0.05) is 37.9 Å². The van der Waals surface area contributed by atoms with Crippen LogP contribution >= 0.6 is 22.9 Å². The molecule has 0 spiro atoms. The SMILES string of the molecule is O=C(O[C@@H]1CN[C@@H](C#Cc2cc3c(Nc4ccc(OCc5ccccn5)c(Cl)c4)ncnc3s2)C1)N1CCOCC1. The van der Waals surface area contributed by atoms with Gasteiger partial charge in [0.05, 0.1) is 40.2 Å². The molecule has 2 saturated heterocycles. The monoisotopic (exact) mass is 590 g/mol. The summed E-state index contributed by atoms with van der Waals surface area (Å²) in [5.74, 6) is 7.75. The van der Waals surface area contributed by atoms with Crippen molar-refractivity contribution in [3.63, 3.8) is 0 Å². The fourth-order valence-electron chi connectivity index (χ4n) is 4.51. The Morgan fingerprint density at radius 2 is 2.10 bits per heavy atom. The molecule has 1 amide bonds. The minimum Gasteiger partial charge on any atom is -0.486 e. The van der Waals surface area contributed by atoms with E-state index in [1.54, 1.807) is 17.2 Å². The Morgan fingerprint density at radius 3 is 2.93 bits per heavy atom. The predicted molar refractivity (Wildman–Crippen MR) is 157 cm³/mol. The Morgan fingerprint density at radius 1 is 1.20 bits per heavy atom. The summed E-state index contributed by atoms with van der Waals surface area (Å²) in [6, 6.07) is 13.1. The number of nitrogens with one attached hydrogen (secondary N) is 2. The molecule has 2 N–H and O–H groups in total. The molecule has 0 bridgehead atoms. The maximum atomic E-state index is 12.4. The van der Waals surface area contributed by atoms with Gasteiger partial charge in [-0.1, -0.05) is 29.5 Å². The van der Waals surface area contributed by atoms with Crippen molar-refractivity contribution in [2.24, 2.45) is 0 Å². The summed E-state index contributed by atoms with van der Waals surface area (Å²) in [7, 11) is 0. The molecule has 1 aromatic carbocycles. The van der Waals surface area contributed by atoms with Crippen molar-refractivity contribution in [3.05, 3.63) is 70.6 Å². The van der Waals surface area contributed by atoms with Crippen LogP contribution in [0.3, 0.4) is 0 Å². The van der Waals surface area contributed by atoms with Crippen molar-refractivity contribution >= 4 is 50.8 Å². The molecule has 2 atom stereocenters. The number of pyridine rings is 1. The topological polar surface area (TPSA) is 111 Å². The Bertz CT molecular complexity index is 1580. The molecule has 5 heterocycles. The quantitative estimate of drug-likeness (QED) is 0.311. The van der Waals surface area contributed by atoms with Crippen molar-refractivity contribution < 1.29 is 19.0 Å². The van der Waals surface area contributed by atoms with Gasteiger partial charge in [-0.25, -0.2) is 14.8 Å². The van der Waals surface area contributed by atoms with E-state index in [0.29, 0.717) is 62.5 Å². The number of ether oxygens (including phenoxy) is 3. The number of rotatable bonds is 6. The zero-order valence-corrected chi connectivity index (χ0v) is 23.6. The van der Waals surface area contributed by atoms with E-state index in [4.69, 9.17) is 25.8 Å². The summed E-state index contributed by atoms with van der Waals surface area (Å²) in [5.41, 5.74) is 1.59. The molecule has 0 saturated carbocycles. The van der Waals surface area contributed by atoms with Crippen LogP contribution in [0.1, 0.15) is 17.0 Å². The van der Waals surface area contributed by atoms with Crippen LogP contribution in [-0.2, 0) is 16.1 Å². The van der Waals surface area contributed by atoms with E-state index in [1.807, 2.05) is 36.4 Å². The second-order valence-electron chi connectivity index (χ2n) is 9.50. The van der Waals surface area contributed by atoms with E-state index in [1.165, 1.54) is 17.7 Å². The number of anilines is 2. The molecule has 0 radical (unpaired) electrons. The third kappa shape index (κ3) is 6.86. The summed E-state index contributed by atoms with van der Waals surface area (Å²) in [6.07, 6.45) is 3.40. The number of carbonyl (C=O) groups excluding carboxylic acids is 1. The van der Waals surface area contributed by atoms with Crippen LogP contribution in [-0.4, -0.2) is 70.9 Å². The summed E-state index contributed by atoms with van der Waals surface area (Å²) in [4.78, 5) is 28.9. The number of fused-ring (bicyclic) bond motifs is 1. The maximum Gasteiger partial charge on any atom is 0.410 e. The highest BCUT2D eigenvalue weighted by atomic mass is 35.5. The molecule has 10 nitrogen and oxygen atoms in total. The molecule has 2 aliphatic rings. The Balaban J connectivity index is 1.08. The van der Waals surface area contributed by atoms with Gasteiger partial charge >= 0.3 is 6.09 Å². The molecule has 41 heavy (non-hydrogen) atoms. The van der Waals surface area contributed by atoms with Crippen LogP contribution in [0.2, 0.25) is 5.02 Å². The predicted octanol–water partition coefficient (Wildman–Crippen LogP) is 4.61. The zero-order valence-electron chi connectivity index (χ0n) is 22.0. The average Bonchev–Trinajstić information content (AvgIpc) is 3.64. The fourth-order valence-corrected chi connectivity index (χ4v) is 5.60. The van der Waals surface area contributed by atoms with Crippen LogP contribution in [0.4, 0.5) is 16.3 Å². The lowest BCUT2D eigenvalue weighted by Crippen LogP contribution is -2.42. The number of amides is 1. The highest BCUT2D eigenvalue weighted by Gasteiger charge is 2.28. The molecule has 2 aliphatic heterocycles. The van der Waals surface area contributed by atoms with Gasteiger partial charge in [0.1, 0.15) is 35.4 Å². The standard InChI is InChI=1S/C29H27ClN6O4S/c30-25-14-20(5-7-26(25)39-17-21-3-1-2-8-31-21)35-27-24-15-23(41-28(24)34-18-33-27)6-4-19-13-22(16-32-19)40-29(37)36-9-11-38-12-10-36/h1-3,5,7-8,14-15,18-19,22,32H,9-13,16-17H2,(H,33,34,35)/t19-,22-/m0/s1. The fraction of sp³-hybridized carbons (Fsp3) is 0.310. The number of benzene rings is 1. The molecule has 2 fully saturated rings. The molecule has 6 rings (SSSR count). The highest BCUT2D eigenvalue weighted by molar-refractivity contribution is 7.19. The van der Waals surface area contributed by atoms with Crippen LogP contribution in [0.5, 0.6) is 5.75 Å². The Hall–Kier alpha value is -3.95. The molecule has 12 heteroatoms. The largest absolute Gasteiger partial charge is 0.486 e.